The molecule has 1 aromatic heterocycles. The van der Waals surface area contributed by atoms with E-state index in [1.165, 1.54) is 0 Å². The largest absolute Gasteiger partial charge is 0.493 e. The Morgan fingerprint density at radius 2 is 1.65 bits per heavy atom. The number of likely N-dealkylation sites (tertiary alicyclic amines) is 1. The molecule has 0 bridgehead atoms. The van der Waals surface area contributed by atoms with Gasteiger partial charge in [-0.15, -0.1) is 0 Å². The van der Waals surface area contributed by atoms with Crippen LogP contribution in [0.15, 0.2) is 30.5 Å². The van der Waals surface area contributed by atoms with Crippen molar-refractivity contribution < 1.29 is 28.5 Å². The van der Waals surface area contributed by atoms with Crippen LogP contribution in [0.25, 0.3) is 0 Å². The molecule has 9 nitrogen and oxygen atoms in total. The van der Waals surface area contributed by atoms with Crippen LogP contribution in [-0.2, 0) is 11.3 Å². The molecular formula is C25H35N3O6. The summed E-state index contributed by atoms with van der Waals surface area (Å²) >= 11 is 0. The lowest BCUT2D eigenvalue weighted by molar-refractivity contribution is 0.0187. The predicted octanol–water partition coefficient (Wildman–Crippen LogP) is 4.02. The summed E-state index contributed by atoms with van der Waals surface area (Å²) in [4.78, 5) is 27.1. The van der Waals surface area contributed by atoms with Crippen LogP contribution >= 0.6 is 0 Å². The fourth-order valence-electron chi connectivity index (χ4n) is 4.07. The standard InChI is InChI=1S/C25H35N3O6/c1-25(2,3)34-24(30)27-12-9-18(10-13-27)28-11-7-8-19(28)23(29)26-16-17-14-20(31-4)22(33-6)21(15-17)32-5/h7-8,11,14-15,18H,9-10,12-13,16H2,1-6H3,(H,26,29). The summed E-state index contributed by atoms with van der Waals surface area (Å²) in [6, 6.07) is 7.44. The van der Waals surface area contributed by atoms with Crippen LogP contribution in [-0.4, -0.2) is 61.5 Å². The monoisotopic (exact) mass is 473 g/mol. The van der Waals surface area contributed by atoms with E-state index in [1.54, 1.807) is 26.2 Å². The van der Waals surface area contributed by atoms with E-state index in [0.29, 0.717) is 42.6 Å². The fraction of sp³-hybridized carbons (Fsp3) is 0.520. The van der Waals surface area contributed by atoms with E-state index in [4.69, 9.17) is 18.9 Å². The topological polar surface area (TPSA) is 91.3 Å². The number of nitrogens with one attached hydrogen (secondary N) is 1. The molecule has 1 aliphatic heterocycles. The number of benzene rings is 1. The van der Waals surface area contributed by atoms with Gasteiger partial charge in [0.2, 0.25) is 5.75 Å². The lowest BCUT2D eigenvalue weighted by Gasteiger charge is -2.34. The number of carbonyl (C=O) groups excluding carboxylic acids is 2. The third kappa shape index (κ3) is 5.95. The van der Waals surface area contributed by atoms with Gasteiger partial charge in [0.15, 0.2) is 11.5 Å². The van der Waals surface area contributed by atoms with Gasteiger partial charge in [0, 0.05) is 31.9 Å². The van der Waals surface area contributed by atoms with Crippen LogP contribution in [0.4, 0.5) is 4.79 Å². The number of hydrogen-bond acceptors (Lipinski definition) is 6. The molecular weight excluding hydrogens is 438 g/mol. The highest BCUT2D eigenvalue weighted by Gasteiger charge is 2.28. The van der Waals surface area contributed by atoms with Crippen molar-refractivity contribution in [3.8, 4) is 17.2 Å². The van der Waals surface area contributed by atoms with Crippen LogP contribution < -0.4 is 19.5 Å². The number of amides is 2. The van der Waals surface area contributed by atoms with E-state index in [9.17, 15) is 9.59 Å². The van der Waals surface area contributed by atoms with Crippen molar-refractivity contribution in [3.05, 3.63) is 41.7 Å². The molecule has 1 saturated heterocycles. The smallest absolute Gasteiger partial charge is 0.410 e. The first kappa shape index (κ1) is 25.3. The maximum atomic E-state index is 13.0. The summed E-state index contributed by atoms with van der Waals surface area (Å²) in [6.45, 7) is 7.06. The van der Waals surface area contributed by atoms with Crippen LogP contribution in [0.2, 0.25) is 0 Å². The summed E-state index contributed by atoms with van der Waals surface area (Å²) in [5, 5.41) is 2.98. The van der Waals surface area contributed by atoms with Gasteiger partial charge in [0.1, 0.15) is 11.3 Å². The number of rotatable bonds is 7. The molecule has 0 radical (unpaired) electrons. The molecule has 0 spiro atoms. The Balaban J connectivity index is 1.63. The van der Waals surface area contributed by atoms with Crippen molar-refractivity contribution in [2.24, 2.45) is 0 Å². The highest BCUT2D eigenvalue weighted by Crippen LogP contribution is 2.38. The number of piperidine rings is 1. The molecule has 0 aliphatic carbocycles. The van der Waals surface area contributed by atoms with E-state index in [1.807, 2.05) is 55.8 Å². The molecule has 186 valence electrons. The Bertz CT molecular complexity index is 977. The van der Waals surface area contributed by atoms with Crippen molar-refractivity contribution in [1.29, 1.82) is 0 Å². The Morgan fingerprint density at radius 1 is 1.03 bits per heavy atom. The van der Waals surface area contributed by atoms with Crippen LogP contribution in [0, 0.1) is 0 Å². The summed E-state index contributed by atoms with van der Waals surface area (Å²) < 4.78 is 23.6. The lowest BCUT2D eigenvalue weighted by Crippen LogP contribution is -2.42. The average molecular weight is 474 g/mol. The number of methoxy groups -OCH3 is 3. The zero-order chi connectivity index (χ0) is 24.9. The van der Waals surface area contributed by atoms with Crippen LogP contribution in [0.5, 0.6) is 17.2 Å². The first-order chi connectivity index (χ1) is 16.2. The molecule has 1 aromatic carbocycles. The molecule has 2 amide bonds. The Morgan fingerprint density at radius 3 is 2.18 bits per heavy atom. The Hall–Kier alpha value is -3.36. The van der Waals surface area contributed by atoms with Gasteiger partial charge in [-0.2, -0.15) is 0 Å². The maximum absolute atomic E-state index is 13.0. The molecule has 2 aromatic rings. The van der Waals surface area contributed by atoms with Crippen LogP contribution in [0.3, 0.4) is 0 Å². The van der Waals surface area contributed by atoms with Gasteiger partial charge in [0.25, 0.3) is 5.91 Å². The maximum Gasteiger partial charge on any atom is 0.410 e. The molecule has 1 fully saturated rings. The van der Waals surface area contributed by atoms with Gasteiger partial charge in [-0.1, -0.05) is 0 Å². The third-order valence-corrected chi connectivity index (χ3v) is 5.70. The van der Waals surface area contributed by atoms with Crippen molar-refractivity contribution >= 4 is 12.0 Å². The lowest BCUT2D eigenvalue weighted by atomic mass is 10.0. The van der Waals surface area contributed by atoms with E-state index < -0.39 is 5.60 Å². The van der Waals surface area contributed by atoms with Crippen LogP contribution in [0.1, 0.15) is 55.7 Å². The Kier molecular flexibility index (Phi) is 7.96. The van der Waals surface area contributed by atoms with Crippen molar-refractivity contribution in [2.45, 2.75) is 51.8 Å². The first-order valence-electron chi connectivity index (χ1n) is 11.4. The quantitative estimate of drug-likeness (QED) is 0.653. The second kappa shape index (κ2) is 10.7. The highest BCUT2D eigenvalue weighted by molar-refractivity contribution is 5.92. The molecule has 0 saturated carbocycles. The summed E-state index contributed by atoms with van der Waals surface area (Å²) in [7, 11) is 4.66. The van der Waals surface area contributed by atoms with E-state index in [0.717, 1.165) is 18.4 Å². The number of hydrogen-bond donors (Lipinski definition) is 1. The van der Waals surface area contributed by atoms with Gasteiger partial charge < -0.3 is 33.7 Å². The average Bonchev–Trinajstić information content (AvgIpc) is 3.30. The van der Waals surface area contributed by atoms with E-state index >= 15 is 0 Å². The number of aromatic nitrogens is 1. The molecule has 0 unspecified atom stereocenters. The molecule has 2 heterocycles. The SMILES string of the molecule is COc1cc(CNC(=O)c2cccn2C2CCN(C(=O)OC(C)(C)C)CC2)cc(OC)c1OC. The minimum atomic E-state index is -0.516. The predicted molar refractivity (Wildman–Crippen MR) is 128 cm³/mol. The zero-order valence-electron chi connectivity index (χ0n) is 20.8. The van der Waals surface area contributed by atoms with Crippen molar-refractivity contribution in [1.82, 2.24) is 14.8 Å². The fourth-order valence-corrected chi connectivity index (χ4v) is 4.07. The first-order valence-corrected chi connectivity index (χ1v) is 11.4. The van der Waals surface area contributed by atoms with Gasteiger partial charge in [-0.25, -0.2) is 4.79 Å². The van der Waals surface area contributed by atoms with Crippen molar-refractivity contribution in [3.63, 3.8) is 0 Å². The van der Waals surface area contributed by atoms with E-state index in [-0.39, 0.29) is 18.0 Å². The molecule has 9 heteroatoms. The van der Waals surface area contributed by atoms with Gasteiger partial charge in [0.05, 0.1) is 21.3 Å². The number of nitrogens with zero attached hydrogens (tertiary/aromatic N) is 2. The second-order valence-corrected chi connectivity index (χ2v) is 9.22. The van der Waals surface area contributed by atoms with Crippen molar-refractivity contribution in [2.75, 3.05) is 34.4 Å². The van der Waals surface area contributed by atoms with Gasteiger partial charge in [-0.3, -0.25) is 4.79 Å². The summed E-state index contributed by atoms with van der Waals surface area (Å²) in [5.41, 5.74) is 0.896. The van der Waals surface area contributed by atoms with Gasteiger partial charge >= 0.3 is 6.09 Å². The molecule has 1 N–H and O–H groups in total. The summed E-state index contributed by atoms with van der Waals surface area (Å²) in [6.07, 6.45) is 3.13. The molecule has 3 rings (SSSR count). The normalized spacial score (nSPS) is 14.5. The van der Waals surface area contributed by atoms with Gasteiger partial charge in [-0.05, 0) is 63.4 Å². The molecule has 34 heavy (non-hydrogen) atoms. The zero-order valence-corrected chi connectivity index (χ0v) is 20.8. The highest BCUT2D eigenvalue weighted by atomic mass is 16.6. The number of carbonyl (C=O) groups is 2. The molecule has 0 atom stereocenters. The Labute approximate surface area is 200 Å². The third-order valence-electron chi connectivity index (χ3n) is 5.70. The minimum absolute atomic E-state index is 0.135. The second-order valence-electron chi connectivity index (χ2n) is 9.22. The van der Waals surface area contributed by atoms with E-state index in [2.05, 4.69) is 5.32 Å². The number of ether oxygens (including phenoxy) is 4. The minimum Gasteiger partial charge on any atom is -0.493 e. The molecule has 1 aliphatic rings. The summed E-state index contributed by atoms with van der Waals surface area (Å²) in [5.74, 6) is 1.40.